The number of nitrogens with zero attached hydrogens (tertiary/aromatic N) is 1. The Morgan fingerprint density at radius 3 is 2.45 bits per heavy atom. The second-order valence-electron chi connectivity index (χ2n) is 4.05. The number of quaternary nitrogens is 1. The molecule has 0 spiro atoms. The van der Waals surface area contributed by atoms with Crippen LogP contribution in [0.25, 0.3) is 0 Å². The van der Waals surface area contributed by atoms with Crippen molar-refractivity contribution in [2.24, 2.45) is 0 Å². The van der Waals surface area contributed by atoms with E-state index in [1.165, 1.54) is 0 Å². The lowest BCUT2D eigenvalue weighted by Gasteiger charge is -2.33. The molecule has 0 radical (unpaired) electrons. The van der Waals surface area contributed by atoms with Crippen LogP contribution >= 0.6 is 0 Å². The van der Waals surface area contributed by atoms with Crippen LogP contribution in [0.5, 0.6) is 0 Å². The third-order valence-corrected chi connectivity index (χ3v) is 2.19. The molecule has 62 valence electrons. The molecule has 1 aliphatic carbocycles. The van der Waals surface area contributed by atoms with Crippen LogP contribution in [0, 0.1) is 0 Å². The molecule has 0 N–H and O–H groups in total. The van der Waals surface area contributed by atoms with E-state index in [2.05, 4.69) is 21.1 Å². The van der Waals surface area contributed by atoms with Gasteiger partial charge in [-0.2, -0.15) is 0 Å². The minimum Gasteiger partial charge on any atom is -0.325 e. The van der Waals surface area contributed by atoms with Gasteiger partial charge in [-0.05, 0) is 12.2 Å². The van der Waals surface area contributed by atoms with Gasteiger partial charge in [0.2, 0.25) is 0 Å². The van der Waals surface area contributed by atoms with E-state index in [9.17, 15) is 4.79 Å². The van der Waals surface area contributed by atoms with Crippen molar-refractivity contribution in [1.29, 1.82) is 0 Å². The minimum atomic E-state index is 0.273. The van der Waals surface area contributed by atoms with Crippen LogP contribution in [-0.2, 0) is 4.79 Å². The van der Waals surface area contributed by atoms with E-state index in [1.54, 1.807) is 6.08 Å². The highest BCUT2D eigenvalue weighted by molar-refractivity contribution is 5.90. The van der Waals surface area contributed by atoms with Gasteiger partial charge in [0, 0.05) is 12.8 Å². The van der Waals surface area contributed by atoms with Crippen LogP contribution in [0.2, 0.25) is 0 Å². The lowest BCUT2D eigenvalue weighted by atomic mass is 10.00. The number of hydrogen-bond acceptors (Lipinski definition) is 1. The van der Waals surface area contributed by atoms with E-state index < -0.39 is 0 Å². The summed E-state index contributed by atoms with van der Waals surface area (Å²) in [5.41, 5.74) is 0. The van der Waals surface area contributed by atoms with Gasteiger partial charge in [0.1, 0.15) is 6.04 Å². The molecule has 0 aliphatic heterocycles. The highest BCUT2D eigenvalue weighted by Crippen LogP contribution is 2.16. The Bertz CT molecular complexity index is 188. The molecule has 0 saturated heterocycles. The zero-order valence-corrected chi connectivity index (χ0v) is 7.50. The molecule has 0 saturated carbocycles. The molecule has 0 bridgehead atoms. The van der Waals surface area contributed by atoms with Crippen molar-refractivity contribution in [3.63, 3.8) is 0 Å². The van der Waals surface area contributed by atoms with Crippen molar-refractivity contribution in [2.45, 2.75) is 18.9 Å². The number of carbonyl (C=O) groups is 1. The average molecular weight is 154 g/mol. The van der Waals surface area contributed by atoms with E-state index in [0.717, 1.165) is 17.3 Å². The van der Waals surface area contributed by atoms with Crippen LogP contribution in [0.15, 0.2) is 12.2 Å². The number of rotatable bonds is 1. The van der Waals surface area contributed by atoms with Gasteiger partial charge in [-0.3, -0.25) is 4.79 Å². The van der Waals surface area contributed by atoms with Gasteiger partial charge in [0.25, 0.3) is 0 Å². The third-order valence-electron chi connectivity index (χ3n) is 2.19. The Morgan fingerprint density at radius 1 is 1.45 bits per heavy atom. The summed E-state index contributed by atoms with van der Waals surface area (Å²) in [6.45, 7) is 0. The maximum absolute atomic E-state index is 10.8. The quantitative estimate of drug-likeness (QED) is 0.514. The zero-order valence-electron chi connectivity index (χ0n) is 7.50. The van der Waals surface area contributed by atoms with Gasteiger partial charge >= 0.3 is 0 Å². The SMILES string of the molecule is C[N+](C)(C)C1C=CC(=O)CC1. The van der Waals surface area contributed by atoms with Crippen molar-refractivity contribution >= 4 is 5.78 Å². The summed E-state index contributed by atoms with van der Waals surface area (Å²) in [6, 6.07) is 0.521. The summed E-state index contributed by atoms with van der Waals surface area (Å²) < 4.78 is 0.920. The van der Waals surface area contributed by atoms with Gasteiger partial charge in [0.15, 0.2) is 5.78 Å². The summed E-state index contributed by atoms with van der Waals surface area (Å²) in [5, 5.41) is 0. The smallest absolute Gasteiger partial charge is 0.155 e. The van der Waals surface area contributed by atoms with E-state index in [4.69, 9.17) is 0 Å². The lowest BCUT2D eigenvalue weighted by Crippen LogP contribution is -2.45. The molecule has 2 nitrogen and oxygen atoms in total. The van der Waals surface area contributed by atoms with E-state index in [1.807, 2.05) is 6.08 Å². The third kappa shape index (κ3) is 2.15. The number of ketones is 1. The maximum atomic E-state index is 10.8. The van der Waals surface area contributed by atoms with Crippen LogP contribution in [0.4, 0.5) is 0 Å². The lowest BCUT2D eigenvalue weighted by molar-refractivity contribution is -0.889. The van der Waals surface area contributed by atoms with Gasteiger partial charge in [-0.25, -0.2) is 0 Å². The monoisotopic (exact) mass is 154 g/mol. The first-order valence-electron chi connectivity index (χ1n) is 4.02. The van der Waals surface area contributed by atoms with Crippen molar-refractivity contribution in [2.75, 3.05) is 21.1 Å². The molecule has 1 atom stereocenters. The largest absolute Gasteiger partial charge is 0.325 e. The summed E-state index contributed by atoms with van der Waals surface area (Å²) in [5.74, 6) is 0.273. The maximum Gasteiger partial charge on any atom is 0.155 e. The summed E-state index contributed by atoms with van der Waals surface area (Å²) >= 11 is 0. The highest BCUT2D eigenvalue weighted by Gasteiger charge is 2.24. The normalized spacial score (nSPS) is 25.7. The topological polar surface area (TPSA) is 17.1 Å². The number of hydrogen-bond donors (Lipinski definition) is 0. The van der Waals surface area contributed by atoms with Crippen LogP contribution in [0.1, 0.15) is 12.8 Å². The van der Waals surface area contributed by atoms with Gasteiger partial charge in [-0.1, -0.05) is 0 Å². The predicted molar refractivity (Wildman–Crippen MR) is 45.2 cm³/mol. The molecule has 0 heterocycles. The fourth-order valence-corrected chi connectivity index (χ4v) is 1.33. The second kappa shape index (κ2) is 2.78. The molecular formula is C9H16NO+. The Labute approximate surface area is 68.1 Å². The Kier molecular flexibility index (Phi) is 2.14. The van der Waals surface area contributed by atoms with Crippen LogP contribution in [0.3, 0.4) is 0 Å². The number of carbonyl (C=O) groups excluding carboxylic acids is 1. The Morgan fingerprint density at radius 2 is 2.09 bits per heavy atom. The molecular weight excluding hydrogens is 138 g/mol. The molecule has 11 heavy (non-hydrogen) atoms. The first-order chi connectivity index (χ1) is 5.00. The Hall–Kier alpha value is -0.630. The molecule has 0 amide bonds. The van der Waals surface area contributed by atoms with E-state index >= 15 is 0 Å². The van der Waals surface area contributed by atoms with Crippen molar-refractivity contribution in [3.8, 4) is 0 Å². The molecule has 0 aromatic carbocycles. The van der Waals surface area contributed by atoms with Gasteiger partial charge in [0.05, 0.1) is 21.1 Å². The highest BCUT2D eigenvalue weighted by atomic mass is 16.1. The molecule has 0 aromatic heterocycles. The van der Waals surface area contributed by atoms with Crippen LogP contribution < -0.4 is 0 Å². The number of allylic oxidation sites excluding steroid dienone is 1. The first kappa shape index (κ1) is 8.47. The van der Waals surface area contributed by atoms with Gasteiger partial charge < -0.3 is 4.48 Å². The molecule has 1 unspecified atom stereocenters. The number of likely N-dealkylation sites (N-methyl/N-ethyl adjacent to an activating group) is 1. The van der Waals surface area contributed by atoms with Crippen molar-refractivity contribution in [3.05, 3.63) is 12.2 Å². The van der Waals surface area contributed by atoms with Gasteiger partial charge in [-0.15, -0.1) is 0 Å². The van der Waals surface area contributed by atoms with E-state index in [-0.39, 0.29) is 5.78 Å². The zero-order chi connectivity index (χ0) is 8.48. The molecule has 0 aromatic rings. The minimum absolute atomic E-state index is 0.273. The average Bonchev–Trinajstić information content (AvgIpc) is 1.86. The fraction of sp³-hybridized carbons (Fsp3) is 0.667. The first-order valence-corrected chi connectivity index (χ1v) is 4.02. The van der Waals surface area contributed by atoms with Crippen molar-refractivity contribution in [1.82, 2.24) is 0 Å². The standard InChI is InChI=1S/C9H16NO/c1-10(2,3)8-4-6-9(11)7-5-8/h4,6,8H,5,7H2,1-3H3/q+1. The van der Waals surface area contributed by atoms with E-state index in [0.29, 0.717) is 6.04 Å². The fourth-order valence-electron chi connectivity index (χ4n) is 1.33. The molecule has 0 fully saturated rings. The molecule has 1 aliphatic rings. The summed E-state index contributed by atoms with van der Waals surface area (Å²) in [6.07, 6.45) is 5.47. The van der Waals surface area contributed by atoms with Crippen molar-refractivity contribution < 1.29 is 9.28 Å². The molecule has 2 heteroatoms. The Balaban J connectivity index is 2.65. The van der Waals surface area contributed by atoms with Crippen LogP contribution in [-0.4, -0.2) is 37.5 Å². The summed E-state index contributed by atoms with van der Waals surface area (Å²) in [4.78, 5) is 10.8. The summed E-state index contributed by atoms with van der Waals surface area (Å²) in [7, 11) is 6.47. The molecule has 1 rings (SSSR count). The predicted octanol–water partition coefficient (Wildman–Crippen LogP) is 0.980. The second-order valence-corrected chi connectivity index (χ2v) is 4.05.